The van der Waals surface area contributed by atoms with Crippen LogP contribution < -0.4 is 19.5 Å². The van der Waals surface area contributed by atoms with Crippen LogP contribution in [0.4, 0.5) is 0 Å². The summed E-state index contributed by atoms with van der Waals surface area (Å²) in [5.74, 6) is 6.76. The predicted octanol–water partition coefficient (Wildman–Crippen LogP) is 1.36. The smallest absolute Gasteiger partial charge is 0.385 e. The molecule has 1 heterocycles. The summed E-state index contributed by atoms with van der Waals surface area (Å²) in [5, 5.41) is 2.29. The molecule has 1 aliphatic heterocycles. The molecule has 6 heteroatoms. The number of carbonyl (C=O) groups excluding carboxylic acids is 1. The van der Waals surface area contributed by atoms with E-state index in [1.807, 2.05) is 13.8 Å². The van der Waals surface area contributed by atoms with Crippen LogP contribution in [-0.4, -0.2) is 46.0 Å². The zero-order valence-corrected chi connectivity index (χ0v) is 16.2. The third kappa shape index (κ3) is 4.83. The van der Waals surface area contributed by atoms with Gasteiger partial charge < -0.3 is 24.3 Å². The molecule has 0 amide bonds. The molecule has 0 aromatic heterocycles. The number of quaternary nitrogens is 1. The van der Waals surface area contributed by atoms with E-state index in [1.54, 1.807) is 26.4 Å². The molecular formula is C20H28NO5+. The molecule has 2 N–H and O–H groups in total. The molecule has 1 aromatic rings. The van der Waals surface area contributed by atoms with E-state index in [0.717, 1.165) is 25.9 Å². The van der Waals surface area contributed by atoms with Crippen molar-refractivity contribution >= 4 is 5.97 Å². The van der Waals surface area contributed by atoms with Crippen molar-refractivity contribution in [3.8, 4) is 29.1 Å². The van der Waals surface area contributed by atoms with Crippen molar-refractivity contribution in [2.24, 2.45) is 5.92 Å². The van der Waals surface area contributed by atoms with Gasteiger partial charge in [-0.3, -0.25) is 0 Å². The molecule has 1 aliphatic rings. The topological polar surface area (TPSA) is 70.6 Å². The van der Waals surface area contributed by atoms with Crippen molar-refractivity contribution in [3.05, 3.63) is 17.7 Å². The Hall–Kier alpha value is -2.39. The number of methoxy groups -OCH3 is 3. The van der Waals surface area contributed by atoms with E-state index in [0.29, 0.717) is 28.7 Å². The molecule has 0 saturated carbocycles. The fraction of sp³-hybridized carbons (Fsp3) is 0.550. The summed E-state index contributed by atoms with van der Waals surface area (Å²) in [4.78, 5) is 12.3. The Labute approximate surface area is 155 Å². The first-order valence-electron chi connectivity index (χ1n) is 8.78. The van der Waals surface area contributed by atoms with E-state index in [9.17, 15) is 4.79 Å². The highest BCUT2D eigenvalue weighted by Crippen LogP contribution is 2.34. The van der Waals surface area contributed by atoms with Gasteiger partial charge in [0.05, 0.1) is 40.0 Å². The Balaban J connectivity index is 2.15. The van der Waals surface area contributed by atoms with Crippen LogP contribution in [0.15, 0.2) is 12.1 Å². The van der Waals surface area contributed by atoms with Gasteiger partial charge in [0.15, 0.2) is 11.5 Å². The van der Waals surface area contributed by atoms with Crippen LogP contribution in [-0.2, 0) is 9.53 Å². The van der Waals surface area contributed by atoms with Crippen LogP contribution in [0.1, 0.15) is 32.3 Å². The van der Waals surface area contributed by atoms with Gasteiger partial charge in [-0.25, -0.2) is 4.79 Å². The summed E-state index contributed by atoms with van der Waals surface area (Å²) in [6, 6.07) is 3.36. The Kier molecular flexibility index (Phi) is 6.76. The normalized spacial score (nSPS) is 14.8. The highest BCUT2D eigenvalue weighted by Gasteiger charge is 2.35. The number of benzene rings is 1. The van der Waals surface area contributed by atoms with Crippen molar-refractivity contribution in [1.29, 1.82) is 0 Å². The monoisotopic (exact) mass is 362 g/mol. The average Bonchev–Trinajstić information content (AvgIpc) is 2.65. The lowest BCUT2D eigenvalue weighted by Gasteiger charge is -2.34. The Bertz CT molecular complexity index is 696. The van der Waals surface area contributed by atoms with E-state index in [4.69, 9.17) is 18.9 Å². The lowest BCUT2D eigenvalue weighted by atomic mass is 9.83. The molecule has 0 atom stereocenters. The molecule has 26 heavy (non-hydrogen) atoms. The molecule has 0 aliphatic carbocycles. The maximum absolute atomic E-state index is 12.3. The van der Waals surface area contributed by atoms with Gasteiger partial charge in [-0.1, -0.05) is 5.92 Å². The highest BCUT2D eigenvalue weighted by atomic mass is 16.6. The minimum absolute atomic E-state index is 0.355. The number of hydrogen-bond acceptors (Lipinski definition) is 5. The lowest BCUT2D eigenvalue weighted by molar-refractivity contribution is -0.665. The van der Waals surface area contributed by atoms with E-state index in [2.05, 4.69) is 17.2 Å². The quantitative estimate of drug-likeness (QED) is 0.633. The van der Waals surface area contributed by atoms with Crippen LogP contribution >= 0.6 is 0 Å². The number of carbonyl (C=O) groups is 1. The van der Waals surface area contributed by atoms with Gasteiger partial charge >= 0.3 is 5.97 Å². The summed E-state index contributed by atoms with van der Waals surface area (Å²) in [5.41, 5.74) is 0.00834. The Morgan fingerprint density at radius 1 is 1.04 bits per heavy atom. The first kappa shape index (κ1) is 19.9. The molecule has 1 saturated heterocycles. The minimum atomic E-state index is -0.540. The predicted molar refractivity (Wildman–Crippen MR) is 97.5 cm³/mol. The van der Waals surface area contributed by atoms with Gasteiger partial charge in [0.2, 0.25) is 0 Å². The second-order valence-electron chi connectivity index (χ2n) is 6.79. The van der Waals surface area contributed by atoms with E-state index < -0.39 is 11.6 Å². The molecule has 1 fully saturated rings. The third-order valence-electron chi connectivity index (χ3n) is 4.78. The summed E-state index contributed by atoms with van der Waals surface area (Å²) >= 11 is 0. The van der Waals surface area contributed by atoms with Crippen molar-refractivity contribution in [3.63, 3.8) is 0 Å². The van der Waals surface area contributed by atoms with Gasteiger partial charge in [0.1, 0.15) is 11.4 Å². The first-order valence-corrected chi connectivity index (χ1v) is 8.78. The maximum atomic E-state index is 12.3. The Morgan fingerprint density at radius 2 is 1.62 bits per heavy atom. The number of esters is 1. The second kappa shape index (κ2) is 8.81. The summed E-state index contributed by atoms with van der Waals surface area (Å²) in [7, 11) is 4.62. The van der Waals surface area contributed by atoms with Crippen molar-refractivity contribution in [2.45, 2.75) is 32.3 Å². The molecule has 6 nitrogen and oxygen atoms in total. The molecule has 0 bridgehead atoms. The molecule has 1 aromatic carbocycles. The maximum Gasteiger partial charge on any atom is 0.385 e. The fourth-order valence-corrected chi connectivity index (χ4v) is 3.21. The van der Waals surface area contributed by atoms with Gasteiger partial charge in [-0.2, -0.15) is 0 Å². The van der Waals surface area contributed by atoms with Crippen LogP contribution in [0, 0.1) is 17.8 Å². The van der Waals surface area contributed by atoms with Crippen LogP contribution in [0.5, 0.6) is 17.2 Å². The number of nitrogens with two attached hydrogens (primary N) is 1. The summed E-state index contributed by atoms with van der Waals surface area (Å²) in [6.45, 7) is 6.06. The Morgan fingerprint density at radius 3 is 2.19 bits per heavy atom. The number of piperidine rings is 1. The molecule has 2 rings (SSSR count). The largest absolute Gasteiger partial charge is 0.495 e. The standard InChI is InChI=1S/C20H27NO5/c1-20(2,15-8-10-21-11-9-15)26-19(22)7-6-14-12-17(24-4)18(25-5)13-16(14)23-3/h12-13,15,21H,8-11H2,1-5H3/p+1. The highest BCUT2D eigenvalue weighted by molar-refractivity contribution is 5.89. The first-order chi connectivity index (χ1) is 12.4. The van der Waals surface area contributed by atoms with Crippen molar-refractivity contribution < 1.29 is 29.1 Å². The van der Waals surface area contributed by atoms with Crippen molar-refractivity contribution in [2.75, 3.05) is 34.4 Å². The van der Waals surface area contributed by atoms with Crippen molar-refractivity contribution in [1.82, 2.24) is 0 Å². The zero-order valence-electron chi connectivity index (χ0n) is 16.2. The molecular weight excluding hydrogens is 334 g/mol. The second-order valence-corrected chi connectivity index (χ2v) is 6.79. The van der Waals surface area contributed by atoms with Crippen LogP contribution in [0.2, 0.25) is 0 Å². The number of ether oxygens (including phenoxy) is 4. The van der Waals surface area contributed by atoms with E-state index >= 15 is 0 Å². The zero-order chi connectivity index (χ0) is 19.2. The number of rotatable bonds is 5. The lowest BCUT2D eigenvalue weighted by Crippen LogP contribution is -2.86. The molecule has 0 spiro atoms. The molecule has 142 valence electrons. The van der Waals surface area contributed by atoms with Gasteiger partial charge in [-0.15, -0.1) is 0 Å². The SMILES string of the molecule is COc1cc(OC)c(OC)cc1C#CC(=O)OC(C)(C)C1CC[NH2+]CC1. The van der Waals surface area contributed by atoms with E-state index in [1.165, 1.54) is 7.11 Å². The van der Waals surface area contributed by atoms with Crippen LogP contribution in [0.3, 0.4) is 0 Å². The summed E-state index contributed by atoms with van der Waals surface area (Å²) < 4.78 is 21.5. The third-order valence-corrected chi connectivity index (χ3v) is 4.78. The molecule has 0 unspecified atom stereocenters. The molecule has 0 radical (unpaired) electrons. The van der Waals surface area contributed by atoms with Gasteiger partial charge in [-0.05, 0) is 13.8 Å². The minimum Gasteiger partial charge on any atom is -0.495 e. The summed E-state index contributed by atoms with van der Waals surface area (Å²) in [6.07, 6.45) is 2.08. The number of hydrogen-bond donors (Lipinski definition) is 1. The van der Waals surface area contributed by atoms with Crippen LogP contribution in [0.25, 0.3) is 0 Å². The van der Waals surface area contributed by atoms with Gasteiger partial charge in [0, 0.05) is 36.8 Å². The van der Waals surface area contributed by atoms with E-state index in [-0.39, 0.29) is 0 Å². The average molecular weight is 362 g/mol. The van der Waals surface area contributed by atoms with Gasteiger partial charge in [0.25, 0.3) is 0 Å². The fourth-order valence-electron chi connectivity index (χ4n) is 3.21.